The largest absolute Gasteiger partial charge is 0.296 e. The monoisotopic (exact) mass is 218 g/mol. The highest BCUT2D eigenvalue weighted by molar-refractivity contribution is 5.15. The molecule has 0 bridgehead atoms. The first-order valence-corrected chi connectivity index (χ1v) is 5.44. The first-order chi connectivity index (χ1) is 8.57. The van der Waals surface area contributed by atoms with E-state index in [0.717, 1.165) is 0 Å². The number of nitrogens with zero attached hydrogens (tertiary/aromatic N) is 4. The highest BCUT2D eigenvalue weighted by atomic mass is 15.2. The summed E-state index contributed by atoms with van der Waals surface area (Å²) in [5.41, 5.74) is 9.13. The van der Waals surface area contributed by atoms with E-state index >= 15 is 0 Å². The van der Waals surface area contributed by atoms with E-state index < -0.39 is 6.50 Å². The van der Waals surface area contributed by atoms with Crippen LogP contribution >= 0.6 is 0 Å². The zero-order chi connectivity index (χ0) is 13.2. The van der Waals surface area contributed by atoms with Crippen LogP contribution in [0.1, 0.15) is 21.6 Å². The van der Waals surface area contributed by atoms with Crippen molar-refractivity contribution in [1.82, 2.24) is 4.90 Å². The lowest BCUT2D eigenvalue weighted by atomic mass is 10.1. The first-order valence-electron chi connectivity index (χ1n) is 6.44. The van der Waals surface area contributed by atoms with Gasteiger partial charge in [0.2, 0.25) is 0 Å². The van der Waals surface area contributed by atoms with Crippen molar-refractivity contribution >= 4 is 0 Å². The quantitative estimate of drug-likeness (QED) is 0.437. The van der Waals surface area contributed by atoms with Crippen molar-refractivity contribution in [3.05, 3.63) is 46.3 Å². The molecule has 1 aliphatic rings. The summed E-state index contributed by atoms with van der Waals surface area (Å²) < 4.78 is 16.5. The Morgan fingerprint density at radius 3 is 3.00 bits per heavy atom. The third-order valence-electron chi connectivity index (χ3n) is 2.96. The van der Waals surface area contributed by atoms with Gasteiger partial charge in [0, 0.05) is 20.2 Å². The summed E-state index contributed by atoms with van der Waals surface area (Å²) in [4.78, 5) is 4.60. The summed E-state index contributed by atoms with van der Waals surface area (Å²) in [6.07, 6.45) is 0.706. The molecule has 0 radical (unpaired) electrons. The smallest absolute Gasteiger partial charge is 0.0539 e. The molecule has 0 aliphatic carbocycles. The molecule has 0 unspecified atom stereocenters. The fourth-order valence-electron chi connectivity index (χ4n) is 1.98. The van der Waals surface area contributed by atoms with Crippen LogP contribution in [0.2, 0.25) is 0 Å². The number of rotatable bonds is 3. The molecule has 0 saturated carbocycles. The Morgan fingerprint density at radius 2 is 2.31 bits per heavy atom. The summed E-state index contributed by atoms with van der Waals surface area (Å²) in [6.45, 7) is 0.986. The van der Waals surface area contributed by atoms with E-state index in [-0.39, 0.29) is 12.1 Å². The zero-order valence-electron chi connectivity index (χ0n) is 11.2. The summed E-state index contributed by atoms with van der Waals surface area (Å²) in [7, 11) is 0. The second-order valence-corrected chi connectivity index (χ2v) is 3.97. The topological polar surface area (TPSA) is 52.0 Å². The first kappa shape index (κ1) is 8.62. The molecule has 0 amide bonds. The number of hydrogen-bond acceptors (Lipinski definition) is 2. The lowest BCUT2D eigenvalue weighted by Gasteiger charge is -2.22. The van der Waals surface area contributed by atoms with Crippen molar-refractivity contribution in [2.45, 2.75) is 31.9 Å². The van der Waals surface area contributed by atoms with Gasteiger partial charge in [0.05, 0.1) is 6.04 Å². The van der Waals surface area contributed by atoms with Crippen LogP contribution in [0.4, 0.5) is 0 Å². The molecule has 16 heavy (non-hydrogen) atoms. The van der Waals surface area contributed by atoms with Gasteiger partial charge in [0.25, 0.3) is 0 Å². The third kappa shape index (κ3) is 2.35. The minimum absolute atomic E-state index is 0.0869. The fraction of sp³-hybridized carbons (Fsp3) is 0.500. The van der Waals surface area contributed by atoms with Crippen molar-refractivity contribution in [3.63, 3.8) is 0 Å². The van der Waals surface area contributed by atoms with Gasteiger partial charge in [-0.25, -0.2) is 0 Å². The van der Waals surface area contributed by atoms with Gasteiger partial charge >= 0.3 is 0 Å². The van der Waals surface area contributed by atoms with Crippen LogP contribution < -0.4 is 0 Å². The lowest BCUT2D eigenvalue weighted by Crippen LogP contribution is -2.30. The fourth-order valence-corrected chi connectivity index (χ4v) is 1.98. The van der Waals surface area contributed by atoms with E-state index in [4.69, 9.17) is 8.27 Å². The van der Waals surface area contributed by atoms with Crippen LogP contribution in [0.25, 0.3) is 10.4 Å². The molecule has 0 spiro atoms. The molecule has 4 nitrogen and oxygen atoms in total. The normalized spacial score (nSPS) is 28.1. The highest BCUT2D eigenvalue weighted by Gasteiger charge is 2.29. The summed E-state index contributed by atoms with van der Waals surface area (Å²) in [6, 6.07) is 8.87. The molecule has 1 saturated heterocycles. The Labute approximate surface area is 98.3 Å². The van der Waals surface area contributed by atoms with Crippen molar-refractivity contribution in [1.29, 1.82) is 0 Å². The second-order valence-electron chi connectivity index (χ2n) is 3.97. The molecular formula is C12H16N4. The maximum Gasteiger partial charge on any atom is 0.0539 e. The van der Waals surface area contributed by atoms with Gasteiger partial charge in [-0.2, -0.15) is 0 Å². The van der Waals surface area contributed by atoms with Gasteiger partial charge in [0.1, 0.15) is 0 Å². The molecule has 4 heteroatoms. The van der Waals surface area contributed by atoms with Gasteiger partial charge in [-0.3, -0.25) is 4.90 Å². The molecule has 84 valence electrons. The van der Waals surface area contributed by atoms with Crippen LogP contribution in [0.3, 0.4) is 0 Å². The molecule has 1 aromatic carbocycles. The van der Waals surface area contributed by atoms with Crippen molar-refractivity contribution in [3.8, 4) is 0 Å². The van der Waals surface area contributed by atoms with Crippen LogP contribution in [0.15, 0.2) is 35.4 Å². The molecule has 2 atom stereocenters. The van der Waals surface area contributed by atoms with E-state index in [1.54, 1.807) is 17.0 Å². The van der Waals surface area contributed by atoms with Crippen LogP contribution in [-0.2, 0) is 6.50 Å². The van der Waals surface area contributed by atoms with Gasteiger partial charge in [-0.1, -0.05) is 35.4 Å². The van der Waals surface area contributed by atoms with E-state index in [0.29, 0.717) is 18.5 Å². The van der Waals surface area contributed by atoms with Gasteiger partial charge in [0.15, 0.2) is 0 Å². The molecule has 1 aliphatic heterocycles. The standard InChI is InChI=1S/C12H16N4/c1-10-12(14-15-13)7-8-16(10)9-11-5-3-2-4-6-11/h2-6,10,12H,7-9H2,1H3/t10-,12-/m1/s1/i9D2. The zero-order valence-corrected chi connectivity index (χ0v) is 9.24. The Balaban J connectivity index is 2.24. The lowest BCUT2D eigenvalue weighted by molar-refractivity contribution is 0.251. The summed E-state index contributed by atoms with van der Waals surface area (Å²) in [5, 5.41) is 3.73. The average Bonchev–Trinajstić information content (AvgIpc) is 2.73. The number of azide groups is 1. The van der Waals surface area contributed by atoms with E-state index in [1.807, 2.05) is 25.1 Å². The Kier molecular flexibility index (Phi) is 2.70. The maximum atomic E-state index is 8.50. The Morgan fingerprint density at radius 1 is 1.56 bits per heavy atom. The minimum Gasteiger partial charge on any atom is -0.296 e. The number of hydrogen-bond donors (Lipinski definition) is 0. The predicted molar refractivity (Wildman–Crippen MR) is 63.9 cm³/mol. The van der Waals surface area contributed by atoms with E-state index in [2.05, 4.69) is 10.0 Å². The van der Waals surface area contributed by atoms with Gasteiger partial charge in [-0.05, 0) is 31.0 Å². The molecule has 2 rings (SSSR count). The Hall–Kier alpha value is -1.51. The second kappa shape index (κ2) is 5.01. The van der Waals surface area contributed by atoms with E-state index in [9.17, 15) is 0 Å². The van der Waals surface area contributed by atoms with Gasteiger partial charge < -0.3 is 0 Å². The predicted octanol–water partition coefficient (Wildman–Crippen LogP) is 2.96. The molecule has 1 heterocycles. The number of likely N-dealkylation sites (tertiary alicyclic amines) is 1. The summed E-state index contributed by atoms with van der Waals surface area (Å²) in [5.74, 6) is 0. The highest BCUT2D eigenvalue weighted by Crippen LogP contribution is 2.22. The summed E-state index contributed by atoms with van der Waals surface area (Å²) >= 11 is 0. The average molecular weight is 218 g/mol. The van der Waals surface area contributed by atoms with Crippen LogP contribution in [0.5, 0.6) is 0 Å². The van der Waals surface area contributed by atoms with Crippen LogP contribution in [-0.4, -0.2) is 23.5 Å². The third-order valence-corrected chi connectivity index (χ3v) is 2.96. The van der Waals surface area contributed by atoms with E-state index in [1.165, 1.54) is 0 Å². The van der Waals surface area contributed by atoms with Crippen molar-refractivity contribution < 1.29 is 2.74 Å². The molecule has 0 aromatic heterocycles. The maximum absolute atomic E-state index is 8.50. The molecule has 0 N–H and O–H groups in total. The van der Waals surface area contributed by atoms with Crippen molar-refractivity contribution in [2.24, 2.45) is 5.11 Å². The molecule has 1 aromatic rings. The van der Waals surface area contributed by atoms with Crippen molar-refractivity contribution in [2.75, 3.05) is 6.54 Å². The number of benzene rings is 1. The Bertz CT molecular complexity index is 456. The van der Waals surface area contributed by atoms with Crippen LogP contribution in [0, 0.1) is 0 Å². The van der Waals surface area contributed by atoms with Gasteiger partial charge in [-0.15, -0.1) is 0 Å². The molecule has 1 fully saturated rings. The molecular weight excluding hydrogens is 200 g/mol. The SMILES string of the molecule is [2H]C([2H])(c1ccccc1)N1CC[C@@H](N=[N+]=[N-])[C@H]1C. The minimum atomic E-state index is -1.53.